The fourth-order valence-corrected chi connectivity index (χ4v) is 3.06. The summed E-state index contributed by atoms with van der Waals surface area (Å²) in [4.78, 5) is 37.5. The molecule has 2 aromatic carbocycles. The Balaban J connectivity index is 2.09. The van der Waals surface area contributed by atoms with Gasteiger partial charge in [0.25, 0.3) is 11.8 Å². The summed E-state index contributed by atoms with van der Waals surface area (Å²) in [6.45, 7) is -0.190. The zero-order chi connectivity index (χ0) is 20.3. The molecule has 0 aromatic heterocycles. The van der Waals surface area contributed by atoms with Gasteiger partial charge in [-0.2, -0.15) is 0 Å². The number of nitrogens with zero attached hydrogens (tertiary/aromatic N) is 1. The van der Waals surface area contributed by atoms with Crippen molar-refractivity contribution in [2.75, 3.05) is 20.8 Å². The molecule has 0 atom stereocenters. The van der Waals surface area contributed by atoms with Gasteiger partial charge in [0.05, 0.1) is 20.6 Å². The van der Waals surface area contributed by atoms with Crippen LogP contribution in [0.25, 0.3) is 11.6 Å². The van der Waals surface area contributed by atoms with Crippen LogP contribution in [-0.4, -0.2) is 48.6 Å². The third-order valence-corrected chi connectivity index (χ3v) is 4.44. The van der Waals surface area contributed by atoms with Gasteiger partial charge in [-0.1, -0.05) is 24.3 Å². The molecule has 0 saturated carbocycles. The number of hydrogen-bond donors (Lipinski definition) is 1. The number of carboxylic acid groups (broad SMARTS) is 1. The molecule has 7 heteroatoms. The third kappa shape index (κ3) is 3.59. The van der Waals surface area contributed by atoms with Crippen LogP contribution in [0.3, 0.4) is 0 Å². The molecule has 7 nitrogen and oxygen atoms in total. The number of carbonyl (C=O) groups is 3. The summed E-state index contributed by atoms with van der Waals surface area (Å²) >= 11 is 0. The van der Waals surface area contributed by atoms with Crippen LogP contribution in [0.2, 0.25) is 0 Å². The molecule has 0 bridgehead atoms. The van der Waals surface area contributed by atoms with Crippen LogP contribution in [0.15, 0.2) is 42.5 Å². The van der Waals surface area contributed by atoms with Gasteiger partial charge >= 0.3 is 5.97 Å². The minimum absolute atomic E-state index is 0.190. The lowest BCUT2D eigenvalue weighted by molar-refractivity contribution is -0.137. The number of fused-ring (bicyclic) bond motifs is 1. The molecular formula is C21H19NO6. The van der Waals surface area contributed by atoms with Gasteiger partial charge in [-0.15, -0.1) is 0 Å². The van der Waals surface area contributed by atoms with E-state index in [-0.39, 0.29) is 13.0 Å². The van der Waals surface area contributed by atoms with Gasteiger partial charge in [0.15, 0.2) is 11.5 Å². The summed E-state index contributed by atoms with van der Waals surface area (Å²) in [7, 11) is 3.05. The average molecular weight is 381 g/mol. The highest BCUT2D eigenvalue weighted by molar-refractivity contribution is 6.33. The lowest BCUT2D eigenvalue weighted by Crippen LogP contribution is -2.42. The highest BCUT2D eigenvalue weighted by atomic mass is 16.5. The van der Waals surface area contributed by atoms with Crippen molar-refractivity contribution in [2.45, 2.75) is 6.42 Å². The first-order valence-electron chi connectivity index (χ1n) is 8.57. The van der Waals surface area contributed by atoms with E-state index in [0.717, 1.165) is 4.90 Å². The molecule has 1 heterocycles. The maximum atomic E-state index is 13.0. The first-order valence-corrected chi connectivity index (χ1v) is 8.57. The number of amides is 2. The maximum absolute atomic E-state index is 13.0. The molecule has 144 valence electrons. The lowest BCUT2D eigenvalue weighted by atomic mass is 9.92. The van der Waals surface area contributed by atoms with Crippen molar-refractivity contribution in [3.05, 3.63) is 59.2 Å². The van der Waals surface area contributed by atoms with Crippen LogP contribution in [-0.2, 0) is 9.59 Å². The predicted molar refractivity (Wildman–Crippen MR) is 102 cm³/mol. The Morgan fingerprint density at radius 2 is 1.68 bits per heavy atom. The number of benzene rings is 2. The minimum atomic E-state index is -1.08. The Labute approximate surface area is 161 Å². The first kappa shape index (κ1) is 19.2. The highest BCUT2D eigenvalue weighted by Gasteiger charge is 2.34. The van der Waals surface area contributed by atoms with Crippen molar-refractivity contribution in [2.24, 2.45) is 0 Å². The molecule has 0 radical (unpaired) electrons. The SMILES string of the molecule is COc1ccc(/C=C2\C(=O)N(CCC(=O)O)C(=O)c3ccccc32)cc1OC. The molecular weight excluding hydrogens is 362 g/mol. The van der Waals surface area contributed by atoms with Crippen LogP contribution < -0.4 is 9.47 Å². The largest absolute Gasteiger partial charge is 0.493 e. The van der Waals surface area contributed by atoms with Crippen molar-refractivity contribution in [3.8, 4) is 11.5 Å². The summed E-state index contributed by atoms with van der Waals surface area (Å²) in [5, 5.41) is 8.93. The minimum Gasteiger partial charge on any atom is -0.493 e. The van der Waals surface area contributed by atoms with Crippen molar-refractivity contribution in [3.63, 3.8) is 0 Å². The van der Waals surface area contributed by atoms with Crippen LogP contribution in [0.5, 0.6) is 11.5 Å². The second-order valence-electron chi connectivity index (χ2n) is 6.12. The van der Waals surface area contributed by atoms with E-state index in [1.54, 1.807) is 48.5 Å². The van der Waals surface area contributed by atoms with E-state index in [1.807, 2.05) is 0 Å². The average Bonchev–Trinajstić information content (AvgIpc) is 2.70. The van der Waals surface area contributed by atoms with Crippen molar-refractivity contribution < 1.29 is 29.0 Å². The molecule has 0 saturated heterocycles. The Morgan fingerprint density at radius 3 is 2.32 bits per heavy atom. The van der Waals surface area contributed by atoms with E-state index < -0.39 is 17.8 Å². The fraction of sp³-hybridized carbons (Fsp3) is 0.190. The van der Waals surface area contributed by atoms with Gasteiger partial charge in [-0.25, -0.2) is 0 Å². The van der Waals surface area contributed by atoms with Gasteiger partial charge in [0, 0.05) is 17.7 Å². The van der Waals surface area contributed by atoms with Crippen LogP contribution in [0, 0.1) is 0 Å². The molecule has 28 heavy (non-hydrogen) atoms. The number of rotatable bonds is 6. The predicted octanol–water partition coefficient (Wildman–Crippen LogP) is 2.70. The van der Waals surface area contributed by atoms with Crippen LogP contribution in [0.4, 0.5) is 0 Å². The van der Waals surface area contributed by atoms with E-state index in [2.05, 4.69) is 0 Å². The standard InChI is InChI=1S/C21H19NO6/c1-27-17-8-7-13(12-18(17)28-2)11-16-14-5-3-4-6-15(14)20(25)22(21(16)26)10-9-19(23)24/h3-8,11-12H,9-10H2,1-2H3,(H,23,24)/b16-11-. The fourth-order valence-electron chi connectivity index (χ4n) is 3.06. The van der Waals surface area contributed by atoms with Gasteiger partial charge in [-0.05, 0) is 35.4 Å². The Morgan fingerprint density at radius 1 is 1.00 bits per heavy atom. The van der Waals surface area contributed by atoms with E-state index in [4.69, 9.17) is 14.6 Å². The van der Waals surface area contributed by atoms with E-state index in [0.29, 0.717) is 33.8 Å². The molecule has 0 fully saturated rings. The van der Waals surface area contributed by atoms with Gasteiger partial charge in [0.2, 0.25) is 0 Å². The molecule has 1 aliphatic rings. The van der Waals surface area contributed by atoms with Crippen molar-refractivity contribution in [1.29, 1.82) is 0 Å². The summed E-state index contributed by atoms with van der Waals surface area (Å²) in [5.74, 6) is -1.04. The van der Waals surface area contributed by atoms with Gasteiger partial charge in [-0.3, -0.25) is 19.3 Å². The van der Waals surface area contributed by atoms with Crippen molar-refractivity contribution in [1.82, 2.24) is 4.90 Å². The molecule has 0 unspecified atom stereocenters. The molecule has 0 spiro atoms. The van der Waals surface area contributed by atoms with E-state index in [1.165, 1.54) is 14.2 Å². The molecule has 1 N–H and O–H groups in total. The molecule has 2 aromatic rings. The number of carbonyl (C=O) groups excluding carboxylic acids is 2. The number of methoxy groups -OCH3 is 2. The Hall–Kier alpha value is -3.61. The molecule has 2 amide bonds. The molecule has 3 rings (SSSR count). The van der Waals surface area contributed by atoms with Crippen LogP contribution in [0.1, 0.15) is 27.9 Å². The topological polar surface area (TPSA) is 93.1 Å². The zero-order valence-corrected chi connectivity index (χ0v) is 15.5. The Kier molecular flexibility index (Phi) is 5.44. The summed E-state index contributed by atoms with van der Waals surface area (Å²) in [6, 6.07) is 12.0. The lowest BCUT2D eigenvalue weighted by Gasteiger charge is -2.28. The summed E-state index contributed by atoms with van der Waals surface area (Å²) in [5.41, 5.74) is 1.87. The zero-order valence-electron chi connectivity index (χ0n) is 15.5. The number of aliphatic carboxylic acids is 1. The van der Waals surface area contributed by atoms with E-state index >= 15 is 0 Å². The smallest absolute Gasteiger partial charge is 0.305 e. The second kappa shape index (κ2) is 7.96. The van der Waals surface area contributed by atoms with Crippen LogP contribution >= 0.6 is 0 Å². The summed E-state index contributed by atoms with van der Waals surface area (Å²) < 4.78 is 10.5. The Bertz CT molecular complexity index is 979. The number of ether oxygens (including phenoxy) is 2. The number of imide groups is 1. The van der Waals surface area contributed by atoms with Gasteiger partial charge < -0.3 is 14.6 Å². The van der Waals surface area contributed by atoms with Crippen molar-refractivity contribution >= 4 is 29.4 Å². The number of carboxylic acids is 1. The third-order valence-electron chi connectivity index (χ3n) is 4.44. The normalized spacial score (nSPS) is 14.8. The monoisotopic (exact) mass is 381 g/mol. The molecule has 0 aliphatic carbocycles. The van der Waals surface area contributed by atoms with E-state index in [9.17, 15) is 14.4 Å². The highest BCUT2D eigenvalue weighted by Crippen LogP contribution is 2.33. The first-order chi connectivity index (χ1) is 13.5. The summed E-state index contributed by atoms with van der Waals surface area (Å²) in [6.07, 6.45) is 1.34. The van der Waals surface area contributed by atoms with Gasteiger partial charge in [0.1, 0.15) is 0 Å². The maximum Gasteiger partial charge on any atom is 0.305 e. The number of hydrogen-bond acceptors (Lipinski definition) is 5. The quantitative estimate of drug-likeness (QED) is 0.611. The second-order valence-corrected chi connectivity index (χ2v) is 6.12. The molecule has 1 aliphatic heterocycles.